The van der Waals surface area contributed by atoms with E-state index in [1.54, 1.807) is 35.6 Å². The molecule has 8 rings (SSSR count). The van der Waals surface area contributed by atoms with Gasteiger partial charge in [0.2, 0.25) is 0 Å². The van der Waals surface area contributed by atoms with Crippen LogP contribution in [0.3, 0.4) is 0 Å². The molecule has 6 heterocycles. The van der Waals surface area contributed by atoms with Crippen LogP contribution in [0.4, 0.5) is 0 Å². The molecule has 16 heteroatoms. The third kappa shape index (κ3) is 7.40. The second-order valence-corrected chi connectivity index (χ2v) is 15.4. The summed E-state index contributed by atoms with van der Waals surface area (Å²) in [5, 5.41) is 35.7. The van der Waals surface area contributed by atoms with E-state index in [0.717, 1.165) is 66.6 Å². The van der Waals surface area contributed by atoms with Gasteiger partial charge in [-0.15, -0.1) is 22.7 Å². The molecular formula is C36H26Cl4N8O2S2. The van der Waals surface area contributed by atoms with E-state index in [1.807, 2.05) is 18.2 Å². The van der Waals surface area contributed by atoms with Gasteiger partial charge in [0.25, 0.3) is 0 Å². The number of aromatic nitrogens is 6. The Hall–Kier alpha value is -4.08. The molecule has 0 saturated carbocycles. The van der Waals surface area contributed by atoms with Crippen molar-refractivity contribution in [3.05, 3.63) is 96.1 Å². The smallest absolute Gasteiger partial charge is 0.166 e. The van der Waals surface area contributed by atoms with Gasteiger partial charge in [-0.2, -0.15) is 20.7 Å². The zero-order valence-electron chi connectivity index (χ0n) is 27.1. The summed E-state index contributed by atoms with van der Waals surface area (Å²) in [6.07, 6.45) is 7.49. The van der Waals surface area contributed by atoms with Crippen LogP contribution in [0.5, 0.6) is 0 Å². The van der Waals surface area contributed by atoms with Crippen LogP contribution < -0.4 is 0 Å². The molecule has 0 bridgehead atoms. The summed E-state index contributed by atoms with van der Waals surface area (Å²) in [5.74, 6) is 1.53. The summed E-state index contributed by atoms with van der Waals surface area (Å²) >= 11 is 28.1. The van der Waals surface area contributed by atoms with Crippen molar-refractivity contribution in [2.24, 2.45) is 0 Å². The molecule has 52 heavy (non-hydrogen) atoms. The predicted molar refractivity (Wildman–Crippen MR) is 206 cm³/mol. The third-order valence-corrected chi connectivity index (χ3v) is 12.3. The van der Waals surface area contributed by atoms with Crippen LogP contribution in [0.25, 0.3) is 49.2 Å². The minimum absolute atomic E-state index is 0.296. The van der Waals surface area contributed by atoms with Gasteiger partial charge in [-0.05, 0) is 55.0 Å². The van der Waals surface area contributed by atoms with Gasteiger partial charge >= 0.3 is 0 Å². The van der Waals surface area contributed by atoms with E-state index in [1.165, 1.54) is 24.0 Å². The molecule has 0 radical (unpaired) electrons. The first-order chi connectivity index (χ1) is 25.4. The van der Waals surface area contributed by atoms with Crippen molar-refractivity contribution >= 4 is 74.7 Å². The highest BCUT2D eigenvalue weighted by Gasteiger charge is 2.29. The summed E-state index contributed by atoms with van der Waals surface area (Å²) < 4.78 is 10.9. The topological polar surface area (TPSA) is 149 Å². The van der Waals surface area contributed by atoms with Gasteiger partial charge < -0.3 is 9.47 Å². The maximum Gasteiger partial charge on any atom is 0.166 e. The number of hydrogen-bond donors (Lipinski definition) is 2. The summed E-state index contributed by atoms with van der Waals surface area (Å²) in [5.41, 5.74) is 5.39. The highest BCUT2D eigenvalue weighted by Crippen LogP contribution is 2.49. The number of aromatic amines is 2. The zero-order chi connectivity index (χ0) is 36.2. The van der Waals surface area contributed by atoms with E-state index >= 15 is 0 Å². The van der Waals surface area contributed by atoms with Crippen molar-refractivity contribution in [2.75, 3.05) is 26.4 Å². The first kappa shape index (κ1) is 36.3. The lowest BCUT2D eigenvalue weighted by molar-refractivity contribution is 0.0860. The maximum absolute atomic E-state index is 9.96. The van der Waals surface area contributed by atoms with Crippen molar-refractivity contribution < 1.29 is 9.47 Å². The molecule has 1 saturated heterocycles. The van der Waals surface area contributed by atoms with E-state index in [0.29, 0.717) is 75.2 Å². The Balaban J connectivity index is 0.000000162. The fourth-order valence-electron chi connectivity index (χ4n) is 6.17. The van der Waals surface area contributed by atoms with E-state index < -0.39 is 0 Å². The van der Waals surface area contributed by atoms with Crippen LogP contribution in [0.15, 0.2) is 55.1 Å². The van der Waals surface area contributed by atoms with Gasteiger partial charge in [0.1, 0.15) is 24.8 Å². The van der Waals surface area contributed by atoms with Crippen molar-refractivity contribution in [3.8, 4) is 55.8 Å². The first-order valence-electron chi connectivity index (χ1n) is 16.0. The molecule has 2 aromatic carbocycles. The monoisotopic (exact) mass is 806 g/mol. The molecule has 0 amide bonds. The van der Waals surface area contributed by atoms with Gasteiger partial charge in [-0.3, -0.25) is 10.2 Å². The molecule has 1 fully saturated rings. The van der Waals surface area contributed by atoms with E-state index in [2.05, 4.69) is 42.5 Å². The minimum atomic E-state index is 0.296. The number of nitrogens with one attached hydrogen (secondary N) is 2. The van der Waals surface area contributed by atoms with Crippen LogP contribution in [-0.2, 0) is 9.47 Å². The Kier molecular flexibility index (Phi) is 11.4. The molecule has 2 aliphatic rings. The number of ether oxygens (including phenoxy) is 2. The molecule has 0 spiro atoms. The van der Waals surface area contributed by atoms with Crippen LogP contribution in [0.2, 0.25) is 20.1 Å². The van der Waals surface area contributed by atoms with Crippen LogP contribution in [-0.4, -0.2) is 56.8 Å². The number of nitrogens with zero attached hydrogens (tertiary/aromatic N) is 6. The van der Waals surface area contributed by atoms with Crippen LogP contribution in [0.1, 0.15) is 46.1 Å². The van der Waals surface area contributed by atoms with Gasteiger partial charge in [-0.25, -0.2) is 9.97 Å². The zero-order valence-corrected chi connectivity index (χ0v) is 31.7. The van der Waals surface area contributed by atoms with E-state index in [4.69, 9.17) is 55.9 Å². The normalized spacial score (nSPS) is 14.6. The second-order valence-electron chi connectivity index (χ2n) is 11.6. The number of halogens is 4. The Morgan fingerprint density at radius 1 is 0.712 bits per heavy atom. The largest absolute Gasteiger partial charge is 0.381 e. The molecule has 4 aromatic heterocycles. The second kappa shape index (κ2) is 16.3. The van der Waals surface area contributed by atoms with Crippen molar-refractivity contribution in [1.82, 2.24) is 30.4 Å². The lowest BCUT2D eigenvalue weighted by Gasteiger charge is -2.21. The van der Waals surface area contributed by atoms with Gasteiger partial charge in [0, 0.05) is 65.3 Å². The van der Waals surface area contributed by atoms with Crippen molar-refractivity contribution in [2.45, 2.75) is 25.2 Å². The fourth-order valence-corrected chi connectivity index (χ4v) is 9.83. The highest BCUT2D eigenvalue weighted by molar-refractivity contribution is 7.17. The standard InChI is InChI=1S/C18H14Cl2N4OS.C18H12Cl2N4OS/c2*19-11-1-2-12(14(20)7-11)15-13(8-21)16(10-3-5-25-6-4-10)26-17(15)18-22-9-23-24-18/h1-2,7,9-10H,3-6H2,(H,22,23,24);1-3,7,9H,4-6H2,(H,22,23,24). The number of H-pyrrole nitrogens is 2. The van der Waals surface area contributed by atoms with Gasteiger partial charge in [0.05, 0.1) is 34.1 Å². The molecule has 0 unspecified atom stereocenters. The molecule has 0 atom stereocenters. The first-order valence-corrected chi connectivity index (χ1v) is 19.1. The Bertz CT molecular complexity index is 2330. The van der Waals surface area contributed by atoms with Gasteiger partial charge in [0.15, 0.2) is 11.6 Å². The van der Waals surface area contributed by atoms with E-state index in [9.17, 15) is 10.5 Å². The third-order valence-electron chi connectivity index (χ3n) is 8.58. The summed E-state index contributed by atoms with van der Waals surface area (Å²) in [7, 11) is 0. The average molecular weight is 809 g/mol. The average Bonchev–Trinajstić information content (AvgIpc) is 3.99. The molecule has 10 nitrogen and oxygen atoms in total. The lowest BCUT2D eigenvalue weighted by atomic mass is 9.92. The van der Waals surface area contributed by atoms with Crippen LogP contribution in [0, 0.1) is 22.7 Å². The summed E-state index contributed by atoms with van der Waals surface area (Å²) in [4.78, 5) is 12.2. The molecular weight excluding hydrogens is 782 g/mol. The summed E-state index contributed by atoms with van der Waals surface area (Å²) in [6, 6.07) is 15.3. The Labute approximate surface area is 326 Å². The highest BCUT2D eigenvalue weighted by atomic mass is 35.5. The number of hydrogen-bond acceptors (Lipinski definition) is 10. The van der Waals surface area contributed by atoms with E-state index in [-0.39, 0.29) is 0 Å². The predicted octanol–water partition coefficient (Wildman–Crippen LogP) is 10.5. The molecule has 6 aromatic rings. The Morgan fingerprint density at radius 2 is 1.29 bits per heavy atom. The quantitative estimate of drug-likeness (QED) is 0.169. The lowest BCUT2D eigenvalue weighted by Crippen LogP contribution is -2.13. The number of thiophene rings is 2. The number of benzene rings is 2. The maximum atomic E-state index is 9.96. The van der Waals surface area contributed by atoms with Crippen molar-refractivity contribution in [3.63, 3.8) is 0 Å². The fraction of sp³-hybridized carbons (Fsp3) is 0.222. The molecule has 262 valence electrons. The summed E-state index contributed by atoms with van der Waals surface area (Å²) in [6.45, 7) is 2.61. The molecule has 2 aliphatic heterocycles. The molecule has 0 aliphatic carbocycles. The number of rotatable bonds is 6. The van der Waals surface area contributed by atoms with Gasteiger partial charge in [-0.1, -0.05) is 64.6 Å². The van der Waals surface area contributed by atoms with Crippen LogP contribution >= 0.6 is 69.1 Å². The SMILES string of the molecule is N#Cc1c(C2=CCOCC2)sc(-c2ncn[nH]2)c1-c1ccc(Cl)cc1Cl.N#Cc1c(C2CCOCC2)sc(-c2ncn[nH]2)c1-c1ccc(Cl)cc1Cl. The van der Waals surface area contributed by atoms with Crippen molar-refractivity contribution in [1.29, 1.82) is 10.5 Å². The number of nitriles is 2. The molecule has 2 N–H and O–H groups in total. The Morgan fingerprint density at radius 3 is 1.79 bits per heavy atom. The minimum Gasteiger partial charge on any atom is -0.381 e.